The highest BCUT2D eigenvalue weighted by Crippen LogP contribution is 2.27. The van der Waals surface area contributed by atoms with E-state index in [1.807, 2.05) is 12.1 Å². The van der Waals surface area contributed by atoms with Gasteiger partial charge in [-0.2, -0.15) is 5.10 Å². The van der Waals surface area contributed by atoms with Gasteiger partial charge in [0.1, 0.15) is 18.1 Å². The van der Waals surface area contributed by atoms with Crippen molar-refractivity contribution in [2.24, 2.45) is 0 Å². The van der Waals surface area contributed by atoms with Gasteiger partial charge < -0.3 is 14.5 Å². The van der Waals surface area contributed by atoms with Crippen LogP contribution in [-0.2, 0) is 26.0 Å². The predicted molar refractivity (Wildman–Crippen MR) is 135 cm³/mol. The molecule has 174 valence electrons. The lowest BCUT2D eigenvalue weighted by Crippen LogP contribution is -2.12. The third kappa shape index (κ3) is 5.17. The van der Waals surface area contributed by atoms with Gasteiger partial charge in [0.05, 0.1) is 21.1 Å². The van der Waals surface area contributed by atoms with Crippen molar-refractivity contribution in [3.05, 3.63) is 97.5 Å². The minimum Gasteiger partial charge on any atom is -0.486 e. The summed E-state index contributed by atoms with van der Waals surface area (Å²) in [6, 6.07) is 14.9. The quantitative estimate of drug-likeness (QED) is 0.266. The maximum absolute atomic E-state index is 12.7. The second kappa shape index (κ2) is 9.86. The molecule has 2 heterocycles. The van der Waals surface area contributed by atoms with Crippen LogP contribution in [0.15, 0.2) is 63.6 Å². The number of ether oxygens (including phenoxy) is 1. The first-order chi connectivity index (χ1) is 16.4. The Kier molecular flexibility index (Phi) is 6.68. The first-order valence-corrected chi connectivity index (χ1v) is 12.3. The van der Waals surface area contributed by atoms with E-state index in [0.717, 1.165) is 24.2 Å². The van der Waals surface area contributed by atoms with Gasteiger partial charge in [0.25, 0.3) is 5.91 Å². The number of carbonyl (C=O) groups excluding carboxylic acids is 1. The van der Waals surface area contributed by atoms with Gasteiger partial charge in [0, 0.05) is 6.20 Å². The number of fused-ring (bicyclic) bond motifs is 1. The number of halogens is 3. The largest absolute Gasteiger partial charge is 0.486 e. The van der Waals surface area contributed by atoms with Gasteiger partial charge in [0.15, 0.2) is 11.6 Å². The molecule has 2 aromatic carbocycles. The van der Waals surface area contributed by atoms with Crippen LogP contribution < -0.4 is 10.1 Å². The molecule has 2 aromatic heterocycles. The molecule has 1 aliphatic carbocycles. The van der Waals surface area contributed by atoms with Crippen LogP contribution in [0.1, 0.15) is 39.4 Å². The van der Waals surface area contributed by atoms with E-state index in [9.17, 15) is 4.79 Å². The van der Waals surface area contributed by atoms with Gasteiger partial charge in [-0.25, -0.2) is 0 Å². The van der Waals surface area contributed by atoms with E-state index >= 15 is 0 Å². The van der Waals surface area contributed by atoms with Crippen molar-refractivity contribution in [1.29, 1.82) is 0 Å². The molecule has 0 bridgehead atoms. The van der Waals surface area contributed by atoms with Crippen molar-refractivity contribution in [3.8, 4) is 5.75 Å². The molecule has 0 unspecified atom stereocenters. The smallest absolute Gasteiger partial charge is 0.292 e. The summed E-state index contributed by atoms with van der Waals surface area (Å²) in [5.41, 5.74) is 3.68. The number of aromatic nitrogens is 2. The normalized spacial score (nSPS) is 12.6. The SMILES string of the molecule is O=C(Nc1nn(Cc2ccc(Cl)c(Cl)c2)cc1Br)c1ccc(COc2ccc3c(c2)CCC3)o1. The molecule has 5 rings (SSSR count). The fourth-order valence-corrected chi connectivity index (χ4v) is 4.66. The molecular formula is C25H20BrCl2N3O3. The molecule has 1 N–H and O–H groups in total. The van der Waals surface area contributed by atoms with Gasteiger partial charge in [0.2, 0.25) is 0 Å². The number of rotatable bonds is 7. The molecule has 0 saturated heterocycles. The molecule has 0 fully saturated rings. The molecule has 0 atom stereocenters. The Bertz CT molecular complexity index is 1370. The van der Waals surface area contributed by atoms with Crippen LogP contribution in [0.5, 0.6) is 5.75 Å². The fraction of sp³-hybridized carbons (Fsp3) is 0.200. The zero-order valence-corrected chi connectivity index (χ0v) is 21.1. The summed E-state index contributed by atoms with van der Waals surface area (Å²) in [4.78, 5) is 12.7. The number of furan rings is 1. The minimum atomic E-state index is -0.399. The van der Waals surface area contributed by atoms with Crippen molar-refractivity contribution in [2.45, 2.75) is 32.4 Å². The van der Waals surface area contributed by atoms with Crippen molar-refractivity contribution in [3.63, 3.8) is 0 Å². The lowest BCUT2D eigenvalue weighted by molar-refractivity contribution is 0.0992. The second-order valence-corrected chi connectivity index (χ2v) is 9.73. The Labute approximate surface area is 214 Å². The van der Waals surface area contributed by atoms with Crippen molar-refractivity contribution >= 4 is 50.9 Å². The molecule has 0 radical (unpaired) electrons. The summed E-state index contributed by atoms with van der Waals surface area (Å²) in [5, 5.41) is 8.17. The van der Waals surface area contributed by atoms with Crippen molar-refractivity contribution in [1.82, 2.24) is 9.78 Å². The van der Waals surface area contributed by atoms with E-state index in [2.05, 4.69) is 38.5 Å². The summed E-state index contributed by atoms with van der Waals surface area (Å²) in [6.45, 7) is 0.713. The topological polar surface area (TPSA) is 69.3 Å². The van der Waals surface area contributed by atoms with Crippen LogP contribution in [-0.4, -0.2) is 15.7 Å². The Morgan fingerprint density at radius 3 is 2.79 bits per heavy atom. The van der Waals surface area contributed by atoms with E-state index in [1.54, 1.807) is 35.1 Å². The predicted octanol–water partition coefficient (Wildman–Crippen LogP) is 6.91. The van der Waals surface area contributed by atoms with E-state index in [1.165, 1.54) is 17.5 Å². The standard InChI is InChI=1S/C25H20BrCl2N3O3/c26-20-13-31(12-15-4-8-21(27)22(28)10-15)30-24(20)29-25(32)23-9-7-19(34-23)14-33-18-6-5-16-2-1-3-17(16)11-18/h4-11,13H,1-3,12,14H2,(H,29,30,32). The molecule has 1 amide bonds. The molecule has 34 heavy (non-hydrogen) atoms. The lowest BCUT2D eigenvalue weighted by Gasteiger charge is -2.06. The second-order valence-electron chi connectivity index (χ2n) is 8.06. The van der Waals surface area contributed by atoms with E-state index in [-0.39, 0.29) is 12.4 Å². The average Bonchev–Trinajstić information content (AvgIpc) is 3.55. The molecular weight excluding hydrogens is 541 g/mol. The zero-order valence-electron chi connectivity index (χ0n) is 18.0. The van der Waals surface area contributed by atoms with E-state index in [4.69, 9.17) is 32.4 Å². The number of amides is 1. The lowest BCUT2D eigenvalue weighted by atomic mass is 10.1. The number of benzene rings is 2. The molecule has 6 nitrogen and oxygen atoms in total. The summed E-state index contributed by atoms with van der Waals surface area (Å²) in [5.74, 6) is 1.54. The van der Waals surface area contributed by atoms with E-state index < -0.39 is 5.91 Å². The molecule has 0 aliphatic heterocycles. The maximum Gasteiger partial charge on any atom is 0.292 e. The molecule has 0 spiro atoms. The van der Waals surface area contributed by atoms with Crippen LogP contribution >= 0.6 is 39.1 Å². The van der Waals surface area contributed by atoms with Crippen LogP contribution in [0.25, 0.3) is 0 Å². The summed E-state index contributed by atoms with van der Waals surface area (Å²) in [6.07, 6.45) is 5.20. The third-order valence-electron chi connectivity index (χ3n) is 5.61. The van der Waals surface area contributed by atoms with Gasteiger partial charge >= 0.3 is 0 Å². The highest BCUT2D eigenvalue weighted by molar-refractivity contribution is 9.10. The van der Waals surface area contributed by atoms with Gasteiger partial charge in [-0.05, 0) is 88.3 Å². The van der Waals surface area contributed by atoms with Crippen LogP contribution in [0.2, 0.25) is 10.0 Å². The Balaban J connectivity index is 1.20. The van der Waals surface area contributed by atoms with Crippen LogP contribution in [0.4, 0.5) is 5.82 Å². The van der Waals surface area contributed by atoms with Crippen molar-refractivity contribution in [2.75, 3.05) is 5.32 Å². The van der Waals surface area contributed by atoms with Gasteiger partial charge in [-0.1, -0.05) is 35.3 Å². The first kappa shape index (κ1) is 23.0. The third-order valence-corrected chi connectivity index (χ3v) is 6.93. The fourth-order valence-electron chi connectivity index (χ4n) is 3.93. The number of aryl methyl sites for hydroxylation is 2. The van der Waals surface area contributed by atoms with Gasteiger partial charge in [-0.15, -0.1) is 0 Å². The Morgan fingerprint density at radius 1 is 1.09 bits per heavy atom. The van der Waals surface area contributed by atoms with Crippen LogP contribution in [0, 0.1) is 0 Å². The molecule has 9 heteroatoms. The Morgan fingerprint density at radius 2 is 1.94 bits per heavy atom. The monoisotopic (exact) mass is 559 g/mol. The number of nitrogens with one attached hydrogen (secondary N) is 1. The molecule has 0 saturated carbocycles. The number of carbonyl (C=O) groups is 1. The van der Waals surface area contributed by atoms with Crippen molar-refractivity contribution < 1.29 is 13.9 Å². The molecule has 1 aliphatic rings. The number of nitrogens with zero attached hydrogens (tertiary/aromatic N) is 2. The zero-order chi connectivity index (χ0) is 23.7. The number of anilines is 1. The molecule has 4 aromatic rings. The van der Waals surface area contributed by atoms with E-state index in [0.29, 0.717) is 32.6 Å². The van der Waals surface area contributed by atoms with Gasteiger partial charge in [-0.3, -0.25) is 9.48 Å². The summed E-state index contributed by atoms with van der Waals surface area (Å²) >= 11 is 15.5. The maximum atomic E-state index is 12.7. The first-order valence-electron chi connectivity index (χ1n) is 10.8. The summed E-state index contributed by atoms with van der Waals surface area (Å²) in [7, 11) is 0. The average molecular weight is 561 g/mol. The minimum absolute atomic E-state index is 0.179. The summed E-state index contributed by atoms with van der Waals surface area (Å²) < 4.78 is 13.9. The number of hydrogen-bond acceptors (Lipinski definition) is 4. The van der Waals surface area contributed by atoms with Crippen LogP contribution in [0.3, 0.4) is 0 Å². The highest BCUT2D eigenvalue weighted by atomic mass is 79.9. The highest BCUT2D eigenvalue weighted by Gasteiger charge is 2.17. The Hall–Kier alpha value is -2.74. The number of hydrogen-bond donors (Lipinski definition) is 1.